The Morgan fingerprint density at radius 1 is 1.00 bits per heavy atom. The summed E-state index contributed by atoms with van der Waals surface area (Å²) in [6, 6.07) is 12.3. The number of sulfone groups is 1. The molecule has 1 amide bonds. The lowest BCUT2D eigenvalue weighted by Crippen LogP contribution is -2.20. The number of nitrogens with one attached hydrogen (secondary N) is 1. The lowest BCUT2D eigenvalue weighted by atomic mass is 10.1. The van der Waals surface area contributed by atoms with E-state index in [2.05, 4.69) is 5.32 Å². The zero-order chi connectivity index (χ0) is 17.7. The largest absolute Gasteiger partial charge is 0.484 e. The molecular weight excluding hydrogens is 330 g/mol. The molecule has 0 atom stereocenters. The van der Waals surface area contributed by atoms with Crippen molar-refractivity contribution in [2.75, 3.05) is 18.2 Å². The van der Waals surface area contributed by atoms with Crippen LogP contribution in [0.25, 0.3) is 0 Å². The molecule has 0 saturated heterocycles. The van der Waals surface area contributed by atoms with Gasteiger partial charge in [0.2, 0.25) is 0 Å². The minimum Gasteiger partial charge on any atom is -0.484 e. The highest BCUT2D eigenvalue weighted by atomic mass is 32.2. The molecule has 2 rings (SSSR count). The molecule has 0 fully saturated rings. The smallest absolute Gasteiger partial charge is 0.262 e. The van der Waals surface area contributed by atoms with E-state index in [1.165, 1.54) is 31.2 Å². The molecule has 0 heterocycles. The third-order valence-electron chi connectivity index (χ3n) is 3.20. The lowest BCUT2D eigenvalue weighted by molar-refractivity contribution is -0.118. The molecule has 126 valence electrons. The molecular formula is C17H17NO5S. The number of carbonyl (C=O) groups excluding carboxylic acids is 2. The van der Waals surface area contributed by atoms with E-state index in [4.69, 9.17) is 4.74 Å². The minimum absolute atomic E-state index is 0.0446. The number of ether oxygens (including phenoxy) is 1. The van der Waals surface area contributed by atoms with Crippen molar-refractivity contribution in [1.82, 2.24) is 0 Å². The van der Waals surface area contributed by atoms with Gasteiger partial charge >= 0.3 is 0 Å². The molecule has 0 unspecified atom stereocenters. The molecule has 0 aliphatic rings. The average molecular weight is 347 g/mol. The second kappa shape index (κ2) is 7.27. The van der Waals surface area contributed by atoms with Crippen molar-refractivity contribution in [3.63, 3.8) is 0 Å². The van der Waals surface area contributed by atoms with Gasteiger partial charge in [-0.15, -0.1) is 0 Å². The Kier molecular flexibility index (Phi) is 5.35. The number of anilines is 1. The van der Waals surface area contributed by atoms with Crippen molar-refractivity contribution < 1.29 is 22.7 Å². The van der Waals surface area contributed by atoms with Crippen LogP contribution in [0.3, 0.4) is 0 Å². The molecule has 0 aliphatic carbocycles. The van der Waals surface area contributed by atoms with Gasteiger partial charge < -0.3 is 10.1 Å². The van der Waals surface area contributed by atoms with Crippen LogP contribution in [0.5, 0.6) is 5.75 Å². The quantitative estimate of drug-likeness (QED) is 0.810. The van der Waals surface area contributed by atoms with Gasteiger partial charge in [0.1, 0.15) is 5.75 Å². The normalized spacial score (nSPS) is 10.9. The molecule has 0 aliphatic heterocycles. The van der Waals surface area contributed by atoms with Crippen LogP contribution in [-0.4, -0.2) is 33.0 Å². The predicted molar refractivity (Wildman–Crippen MR) is 90.1 cm³/mol. The maximum Gasteiger partial charge on any atom is 0.262 e. The monoisotopic (exact) mass is 347 g/mol. The number of ketones is 1. The van der Waals surface area contributed by atoms with Crippen LogP contribution in [0.1, 0.15) is 17.3 Å². The van der Waals surface area contributed by atoms with E-state index >= 15 is 0 Å². The summed E-state index contributed by atoms with van der Waals surface area (Å²) >= 11 is 0. The standard InChI is InChI=1S/C17H17NO5S/c1-12(19)13-3-7-15(8-4-13)23-11-17(20)18-14-5-9-16(10-6-14)24(2,21)22/h3-10H,11H2,1-2H3,(H,18,20). The Bertz CT molecular complexity index is 840. The van der Waals surface area contributed by atoms with Gasteiger partial charge in [0, 0.05) is 17.5 Å². The van der Waals surface area contributed by atoms with Gasteiger partial charge in [0.15, 0.2) is 22.2 Å². The predicted octanol–water partition coefficient (Wildman–Crippen LogP) is 2.31. The summed E-state index contributed by atoms with van der Waals surface area (Å²) in [7, 11) is -3.27. The van der Waals surface area contributed by atoms with Crippen molar-refractivity contribution in [3.05, 3.63) is 54.1 Å². The maximum atomic E-state index is 11.8. The Hall–Kier alpha value is -2.67. The molecule has 2 aromatic carbocycles. The Balaban J connectivity index is 1.90. The highest BCUT2D eigenvalue weighted by Gasteiger charge is 2.08. The second-order valence-electron chi connectivity index (χ2n) is 5.21. The SMILES string of the molecule is CC(=O)c1ccc(OCC(=O)Nc2ccc(S(C)(=O)=O)cc2)cc1. The van der Waals surface area contributed by atoms with Crippen molar-refractivity contribution in [2.45, 2.75) is 11.8 Å². The van der Waals surface area contributed by atoms with Gasteiger partial charge in [-0.3, -0.25) is 9.59 Å². The van der Waals surface area contributed by atoms with E-state index in [1.807, 2.05) is 0 Å². The summed E-state index contributed by atoms with van der Waals surface area (Å²) in [6.45, 7) is 1.27. The van der Waals surface area contributed by atoms with Gasteiger partial charge in [0.05, 0.1) is 4.90 Å². The van der Waals surface area contributed by atoms with Gasteiger partial charge in [0.25, 0.3) is 5.91 Å². The molecule has 0 saturated carbocycles. The fraction of sp³-hybridized carbons (Fsp3) is 0.176. The highest BCUT2D eigenvalue weighted by Crippen LogP contribution is 2.15. The topological polar surface area (TPSA) is 89.5 Å². The van der Waals surface area contributed by atoms with Gasteiger partial charge in [-0.25, -0.2) is 8.42 Å². The average Bonchev–Trinajstić information content (AvgIpc) is 2.53. The zero-order valence-corrected chi connectivity index (χ0v) is 14.1. The van der Waals surface area contributed by atoms with Crippen molar-refractivity contribution in [1.29, 1.82) is 0 Å². The number of hydrogen-bond acceptors (Lipinski definition) is 5. The van der Waals surface area contributed by atoms with E-state index < -0.39 is 9.84 Å². The third kappa shape index (κ3) is 4.92. The highest BCUT2D eigenvalue weighted by molar-refractivity contribution is 7.90. The van der Waals surface area contributed by atoms with Crippen LogP contribution >= 0.6 is 0 Å². The number of rotatable bonds is 6. The van der Waals surface area contributed by atoms with Crippen LogP contribution < -0.4 is 10.1 Å². The first-order valence-corrected chi connectivity index (χ1v) is 8.98. The molecule has 0 bridgehead atoms. The van der Waals surface area contributed by atoms with Crippen molar-refractivity contribution >= 4 is 27.2 Å². The Morgan fingerprint density at radius 3 is 2.08 bits per heavy atom. The fourth-order valence-corrected chi connectivity index (χ4v) is 2.55. The lowest BCUT2D eigenvalue weighted by Gasteiger charge is -2.08. The summed E-state index contributed by atoms with van der Waals surface area (Å²) in [5.41, 5.74) is 1.04. The van der Waals surface area contributed by atoms with Crippen LogP contribution in [0, 0.1) is 0 Å². The number of carbonyl (C=O) groups is 2. The Morgan fingerprint density at radius 2 is 1.58 bits per heavy atom. The van der Waals surface area contributed by atoms with E-state index in [0.29, 0.717) is 17.0 Å². The number of hydrogen-bond donors (Lipinski definition) is 1. The van der Waals surface area contributed by atoms with E-state index in [9.17, 15) is 18.0 Å². The number of Topliss-reactive ketones (excluding diaryl/α,β-unsaturated/α-hetero) is 1. The van der Waals surface area contributed by atoms with Crippen LogP contribution in [0.4, 0.5) is 5.69 Å². The molecule has 0 spiro atoms. The molecule has 2 aromatic rings. The molecule has 1 N–H and O–H groups in total. The molecule has 24 heavy (non-hydrogen) atoms. The molecule has 0 radical (unpaired) electrons. The number of benzene rings is 2. The van der Waals surface area contributed by atoms with Gasteiger partial charge in [-0.05, 0) is 55.5 Å². The van der Waals surface area contributed by atoms with Crippen LogP contribution in [0.15, 0.2) is 53.4 Å². The van der Waals surface area contributed by atoms with Crippen LogP contribution in [-0.2, 0) is 14.6 Å². The van der Waals surface area contributed by atoms with Crippen molar-refractivity contribution in [3.8, 4) is 5.75 Å². The first-order valence-electron chi connectivity index (χ1n) is 7.09. The van der Waals surface area contributed by atoms with Crippen molar-refractivity contribution in [2.24, 2.45) is 0 Å². The van der Waals surface area contributed by atoms with E-state index in [-0.39, 0.29) is 23.2 Å². The molecule has 0 aromatic heterocycles. The van der Waals surface area contributed by atoms with E-state index in [0.717, 1.165) is 6.26 Å². The Labute approximate surface area is 140 Å². The van der Waals surface area contributed by atoms with Crippen LogP contribution in [0.2, 0.25) is 0 Å². The first-order chi connectivity index (χ1) is 11.3. The summed E-state index contributed by atoms with van der Waals surface area (Å²) in [5.74, 6) is 0.0529. The zero-order valence-electron chi connectivity index (χ0n) is 13.3. The summed E-state index contributed by atoms with van der Waals surface area (Å²) in [4.78, 5) is 23.2. The third-order valence-corrected chi connectivity index (χ3v) is 4.33. The minimum atomic E-state index is -3.27. The van der Waals surface area contributed by atoms with Gasteiger partial charge in [-0.1, -0.05) is 0 Å². The number of amides is 1. The fourth-order valence-electron chi connectivity index (χ4n) is 1.92. The van der Waals surface area contributed by atoms with E-state index in [1.54, 1.807) is 24.3 Å². The summed E-state index contributed by atoms with van der Waals surface area (Å²) in [6.07, 6.45) is 1.12. The second-order valence-corrected chi connectivity index (χ2v) is 7.23. The summed E-state index contributed by atoms with van der Waals surface area (Å²) < 4.78 is 28.1. The first kappa shape index (κ1) is 17.7. The maximum absolute atomic E-state index is 11.8. The molecule has 7 heteroatoms. The van der Waals surface area contributed by atoms with Gasteiger partial charge in [-0.2, -0.15) is 0 Å². The molecule has 6 nitrogen and oxygen atoms in total. The summed E-state index contributed by atoms with van der Waals surface area (Å²) in [5, 5.41) is 2.61.